The quantitative estimate of drug-likeness (QED) is 0.0260. The Morgan fingerprint density at radius 1 is 0.478 bits per heavy atom. The molecule has 2 heterocycles. The largest absolute Gasteiger partial charge is 0.481 e. The van der Waals surface area contributed by atoms with Crippen molar-refractivity contribution in [1.82, 2.24) is 62.5 Å². The minimum atomic E-state index is -1.86. The number of hydrogen-bond acceptors (Lipinski definition) is 23. The number of nitrogens with two attached hydrogens (primary N) is 1. The lowest BCUT2D eigenvalue weighted by atomic mass is 10.0. The van der Waals surface area contributed by atoms with Crippen LogP contribution in [0.3, 0.4) is 0 Å². The summed E-state index contributed by atoms with van der Waals surface area (Å²) in [7, 11) is 0. The van der Waals surface area contributed by atoms with E-state index in [9.17, 15) is 102 Å². The monoisotopic (exact) mass is 1310 g/mol. The number of Topliss-reactive ketones (excluding diaryl/α,β-unsaturated/α-hetero) is 4. The first-order valence-corrected chi connectivity index (χ1v) is 29.2. The number of hydrogen-bond donors (Lipinski definition) is 16. The molecule has 1 aromatic carbocycles. The van der Waals surface area contributed by atoms with Crippen LogP contribution in [0.2, 0.25) is 0 Å². The zero-order valence-corrected chi connectivity index (χ0v) is 51.3. The number of aromatic amines is 1. The third-order valence-corrected chi connectivity index (χ3v) is 13.8. The lowest BCUT2D eigenvalue weighted by molar-refractivity contribution is -0.142. The van der Waals surface area contributed by atoms with Crippen LogP contribution in [0.5, 0.6) is 0 Å². The highest BCUT2D eigenvalue weighted by Crippen LogP contribution is 2.15. The van der Waals surface area contributed by atoms with E-state index in [0.717, 1.165) is 20.8 Å². The zero-order valence-electron chi connectivity index (χ0n) is 50.4. The van der Waals surface area contributed by atoms with E-state index in [1.807, 2.05) is 0 Å². The highest BCUT2D eigenvalue weighted by Gasteiger charge is 2.35. The van der Waals surface area contributed by atoms with Gasteiger partial charge in [-0.05, 0) is 96.9 Å². The summed E-state index contributed by atoms with van der Waals surface area (Å²) >= 11 is 3.89. The molecular formula is C56H74N14O21S. The third-order valence-electron chi connectivity index (χ3n) is 13.4. The summed E-state index contributed by atoms with van der Waals surface area (Å²) in [5.41, 5.74) is 5.78. The van der Waals surface area contributed by atoms with Gasteiger partial charge in [0.2, 0.25) is 47.3 Å². The fraction of sp³-hybridized carbons (Fsp3) is 0.500. The van der Waals surface area contributed by atoms with Crippen LogP contribution < -0.4 is 59.1 Å². The summed E-state index contributed by atoms with van der Waals surface area (Å²) < 4.78 is 0. The van der Waals surface area contributed by atoms with Crippen LogP contribution in [0.1, 0.15) is 134 Å². The Labute approximate surface area is 528 Å². The number of ketones is 4. The normalized spacial score (nSPS) is 13.5. The maximum Gasteiger partial charge on any atom is 0.327 e. The van der Waals surface area contributed by atoms with E-state index in [0.29, 0.717) is 11.4 Å². The summed E-state index contributed by atoms with van der Waals surface area (Å²) in [6.07, 6.45) is -6.06. The van der Waals surface area contributed by atoms with Crippen molar-refractivity contribution in [3.05, 3.63) is 52.1 Å². The van der Waals surface area contributed by atoms with E-state index in [1.54, 1.807) is 0 Å². The van der Waals surface area contributed by atoms with Crippen molar-refractivity contribution in [2.24, 2.45) is 0 Å². The standard InChI is InChI=1S/C56H74N14O21S/c1-26(71)5-13-33(61-41(75)20-17-39(54(88)89)67-46(80)30-9-11-31(12-10-30)58-23-32-24-59-45-44(60-32)53(87)70-56(57)69-45)47(81)65-37(18-21-42(76)77)50(84)63-34(14-6-27(2)72)48(82)62-35(15-7-28(3)73)49(83)66-38(19-22-43(78)79)51(85)64-36(16-8-29(4)74)52(86)68-40(25-92)55(90)91/h9-12,24,33-40,58,92H,5-8,13-23,25H2,1-4H3,(H,61,75)(H,62,82)(H,63,84)(H,64,85)(H,65,81)(H,66,83)(H,67,80)(H,68,86)(H,76,77)(H,78,79)(H,88,89)(H,90,91)(H3,57,59,69,70,87)/t33-,34-,35-,36-,37-,38-,39-,40-/m0/s1. The van der Waals surface area contributed by atoms with Crippen molar-refractivity contribution in [3.8, 4) is 0 Å². The van der Waals surface area contributed by atoms with Crippen LogP contribution in [-0.2, 0) is 78.5 Å². The number of carboxylic acid groups (broad SMARTS) is 4. The van der Waals surface area contributed by atoms with Crippen LogP contribution >= 0.6 is 12.6 Å². The van der Waals surface area contributed by atoms with Gasteiger partial charge in [-0.3, -0.25) is 57.7 Å². The molecule has 0 radical (unpaired) electrons. The SMILES string of the molecule is CC(=O)CC[C@H](NC(=O)CC[C@H](NC(=O)c1ccc(NCc2cnc3nc(N)[nH]c(=O)c3n2)cc1)C(=O)O)C(=O)N[C@@H](CCC(=O)O)C(=O)N[C@@H](CCC(C)=O)C(=O)N[C@@H](CCC(C)=O)C(=O)N[C@@H](CCC(=O)O)C(=O)N[C@@H](CCC(C)=O)C(=O)N[C@@H](CS)C(=O)O. The molecule has 0 bridgehead atoms. The smallest absolute Gasteiger partial charge is 0.327 e. The van der Waals surface area contributed by atoms with Gasteiger partial charge >= 0.3 is 23.9 Å². The van der Waals surface area contributed by atoms with E-state index < -0.39 is 225 Å². The van der Waals surface area contributed by atoms with Gasteiger partial charge in [-0.1, -0.05) is 0 Å². The molecule has 3 rings (SSSR count). The Kier molecular flexibility index (Phi) is 31.1. The van der Waals surface area contributed by atoms with Crippen LogP contribution in [0.15, 0.2) is 35.3 Å². The molecule has 0 fully saturated rings. The molecule has 0 unspecified atom stereocenters. The highest BCUT2D eigenvalue weighted by molar-refractivity contribution is 7.80. The summed E-state index contributed by atoms with van der Waals surface area (Å²) in [4.78, 5) is 233. The molecule has 35 nitrogen and oxygen atoms in total. The van der Waals surface area contributed by atoms with E-state index in [1.165, 1.54) is 37.4 Å². The second-order valence-corrected chi connectivity index (χ2v) is 21.5. The van der Waals surface area contributed by atoms with Gasteiger partial charge in [0.05, 0.1) is 18.4 Å². The molecule has 0 saturated carbocycles. The number of carbonyl (C=O) groups excluding carboxylic acids is 12. The summed E-state index contributed by atoms with van der Waals surface area (Å²) in [5.74, 6) is -17.5. The van der Waals surface area contributed by atoms with Gasteiger partial charge in [0.1, 0.15) is 71.5 Å². The van der Waals surface area contributed by atoms with Crippen LogP contribution in [0, 0.1) is 0 Å². The lowest BCUT2D eigenvalue weighted by Gasteiger charge is -2.27. The number of H-pyrrole nitrogens is 1. The van der Waals surface area contributed by atoms with Crippen LogP contribution in [0.25, 0.3) is 11.2 Å². The Balaban J connectivity index is 1.81. The van der Waals surface area contributed by atoms with E-state index in [-0.39, 0.29) is 48.5 Å². The van der Waals surface area contributed by atoms with E-state index in [2.05, 4.69) is 80.4 Å². The number of nitrogens with one attached hydrogen (secondary N) is 10. The Hall–Kier alpha value is -10.3. The number of carboxylic acids is 4. The third kappa shape index (κ3) is 27.2. The average Bonchev–Trinajstić information content (AvgIpc) is 0.897. The first kappa shape index (κ1) is 76.0. The molecule has 3 aromatic rings. The molecule has 2 aromatic heterocycles. The molecule has 0 spiro atoms. The first-order valence-electron chi connectivity index (χ1n) is 28.5. The number of rotatable bonds is 42. The van der Waals surface area contributed by atoms with Gasteiger partial charge in [0.25, 0.3) is 11.5 Å². The molecule has 92 heavy (non-hydrogen) atoms. The van der Waals surface area contributed by atoms with Gasteiger partial charge < -0.3 is 93.2 Å². The maximum atomic E-state index is 14.2. The minimum Gasteiger partial charge on any atom is -0.481 e. The molecule has 0 saturated heterocycles. The van der Waals surface area contributed by atoms with E-state index >= 15 is 0 Å². The molecule has 8 amide bonds. The van der Waals surface area contributed by atoms with Gasteiger partial charge in [-0.15, -0.1) is 0 Å². The number of thiol groups is 1. The number of aliphatic carboxylic acids is 4. The fourth-order valence-electron chi connectivity index (χ4n) is 8.39. The van der Waals surface area contributed by atoms with Crippen molar-refractivity contribution in [2.75, 3.05) is 16.8 Å². The number of nitrogen functional groups attached to an aromatic ring is 1. The highest BCUT2D eigenvalue weighted by atomic mass is 32.1. The number of aromatic nitrogens is 4. The average molecular weight is 1310 g/mol. The van der Waals surface area contributed by atoms with E-state index in [4.69, 9.17) is 5.73 Å². The predicted molar refractivity (Wildman–Crippen MR) is 323 cm³/mol. The summed E-state index contributed by atoms with van der Waals surface area (Å²) in [6, 6.07) is -8.07. The van der Waals surface area contributed by atoms with Crippen LogP contribution in [0.4, 0.5) is 11.6 Å². The molecule has 500 valence electrons. The fourth-order valence-corrected chi connectivity index (χ4v) is 8.63. The van der Waals surface area contributed by atoms with Crippen LogP contribution in [-0.4, -0.2) is 189 Å². The number of carbonyl (C=O) groups is 16. The number of amides is 8. The van der Waals surface area contributed by atoms with Crippen molar-refractivity contribution >= 4 is 130 Å². The number of anilines is 2. The van der Waals surface area contributed by atoms with Crippen molar-refractivity contribution in [3.63, 3.8) is 0 Å². The topological polar surface area (TPSA) is 560 Å². The Morgan fingerprint density at radius 2 is 0.837 bits per heavy atom. The molecule has 8 atom stereocenters. The number of fused-ring (bicyclic) bond motifs is 1. The lowest BCUT2D eigenvalue weighted by Crippen LogP contribution is -2.60. The second kappa shape index (κ2) is 37.6. The van der Waals surface area contributed by atoms with Crippen molar-refractivity contribution in [2.45, 2.75) is 172 Å². The minimum absolute atomic E-state index is 0.00541. The Bertz CT molecular complexity index is 3330. The first-order chi connectivity index (χ1) is 43.3. The molecule has 36 heteroatoms. The van der Waals surface area contributed by atoms with Crippen molar-refractivity contribution < 1.29 is 97.1 Å². The molecular weight excluding hydrogens is 1240 g/mol. The summed E-state index contributed by atoms with van der Waals surface area (Å²) in [5, 5.41) is 59.8. The van der Waals surface area contributed by atoms with Gasteiger partial charge in [0.15, 0.2) is 11.2 Å². The predicted octanol–water partition coefficient (Wildman–Crippen LogP) is -2.52. The number of benzene rings is 1. The molecule has 16 N–H and O–H groups in total. The maximum absolute atomic E-state index is 14.2. The number of nitrogens with zero attached hydrogens (tertiary/aromatic N) is 3. The Morgan fingerprint density at radius 3 is 1.20 bits per heavy atom. The second-order valence-electron chi connectivity index (χ2n) is 21.2. The zero-order chi connectivity index (χ0) is 68.9. The van der Waals surface area contributed by atoms with Gasteiger partial charge in [0, 0.05) is 61.9 Å². The molecule has 0 aliphatic carbocycles. The summed E-state index contributed by atoms with van der Waals surface area (Å²) in [6.45, 7) is 4.66. The van der Waals surface area contributed by atoms with Gasteiger partial charge in [-0.25, -0.2) is 19.6 Å². The van der Waals surface area contributed by atoms with Crippen molar-refractivity contribution in [1.29, 1.82) is 0 Å². The van der Waals surface area contributed by atoms with Gasteiger partial charge in [-0.2, -0.15) is 17.6 Å². The molecule has 0 aliphatic rings. The molecule has 0 aliphatic heterocycles.